The van der Waals surface area contributed by atoms with E-state index in [1.807, 2.05) is 13.8 Å². The SMILES string of the molecule is CC.CCNCCCN1CCC(NCC)CC1. The van der Waals surface area contributed by atoms with Crippen LogP contribution in [0.1, 0.15) is 47.0 Å². The van der Waals surface area contributed by atoms with E-state index in [2.05, 4.69) is 29.4 Å². The van der Waals surface area contributed by atoms with Gasteiger partial charge in [0.1, 0.15) is 0 Å². The molecule has 104 valence electrons. The third kappa shape index (κ3) is 8.58. The minimum absolute atomic E-state index is 0.778. The highest BCUT2D eigenvalue weighted by Gasteiger charge is 2.17. The van der Waals surface area contributed by atoms with E-state index in [9.17, 15) is 0 Å². The molecule has 0 unspecified atom stereocenters. The van der Waals surface area contributed by atoms with Crippen molar-refractivity contribution in [3.8, 4) is 0 Å². The summed E-state index contributed by atoms with van der Waals surface area (Å²) in [5.74, 6) is 0. The van der Waals surface area contributed by atoms with Crippen molar-refractivity contribution >= 4 is 0 Å². The second-order valence-corrected chi connectivity index (χ2v) is 4.38. The Balaban J connectivity index is 0.00000121. The Hall–Kier alpha value is -0.120. The Labute approximate surface area is 108 Å². The molecule has 0 bridgehead atoms. The zero-order valence-corrected chi connectivity index (χ0v) is 12.4. The molecule has 1 aliphatic heterocycles. The fourth-order valence-electron chi connectivity index (χ4n) is 2.25. The lowest BCUT2D eigenvalue weighted by molar-refractivity contribution is 0.197. The van der Waals surface area contributed by atoms with E-state index >= 15 is 0 Å². The molecule has 3 heteroatoms. The van der Waals surface area contributed by atoms with Gasteiger partial charge in [-0.15, -0.1) is 0 Å². The maximum atomic E-state index is 3.54. The van der Waals surface area contributed by atoms with Crippen molar-refractivity contribution in [3.63, 3.8) is 0 Å². The smallest absolute Gasteiger partial charge is 0.00912 e. The normalized spacial score (nSPS) is 17.6. The summed E-state index contributed by atoms with van der Waals surface area (Å²) in [5.41, 5.74) is 0. The first kappa shape index (κ1) is 16.9. The summed E-state index contributed by atoms with van der Waals surface area (Å²) in [5, 5.41) is 6.92. The highest BCUT2D eigenvalue weighted by molar-refractivity contribution is 4.76. The molecule has 0 spiro atoms. The molecule has 1 saturated heterocycles. The molecule has 0 aromatic heterocycles. The van der Waals surface area contributed by atoms with Gasteiger partial charge < -0.3 is 15.5 Å². The van der Waals surface area contributed by atoms with Crippen LogP contribution in [-0.4, -0.2) is 50.2 Å². The summed E-state index contributed by atoms with van der Waals surface area (Å²) < 4.78 is 0. The van der Waals surface area contributed by atoms with E-state index in [-0.39, 0.29) is 0 Å². The summed E-state index contributed by atoms with van der Waals surface area (Å²) >= 11 is 0. The van der Waals surface area contributed by atoms with Crippen LogP contribution in [0.25, 0.3) is 0 Å². The third-order valence-corrected chi connectivity index (χ3v) is 3.16. The number of piperidine rings is 1. The van der Waals surface area contributed by atoms with Crippen molar-refractivity contribution in [2.24, 2.45) is 0 Å². The molecule has 17 heavy (non-hydrogen) atoms. The van der Waals surface area contributed by atoms with E-state index in [1.54, 1.807) is 0 Å². The number of hydrogen-bond acceptors (Lipinski definition) is 3. The lowest BCUT2D eigenvalue weighted by Crippen LogP contribution is -2.43. The van der Waals surface area contributed by atoms with Gasteiger partial charge in [0, 0.05) is 6.04 Å². The van der Waals surface area contributed by atoms with Gasteiger partial charge in [0.25, 0.3) is 0 Å². The first-order valence-electron chi connectivity index (χ1n) is 7.53. The van der Waals surface area contributed by atoms with Crippen LogP contribution in [0.2, 0.25) is 0 Å². The lowest BCUT2D eigenvalue weighted by Gasteiger charge is -2.32. The molecule has 0 saturated carbocycles. The predicted octanol–water partition coefficient (Wildman–Crippen LogP) is 2.09. The standard InChI is InChI=1S/C12H27N3.C2H6/c1-3-13-8-5-9-15-10-6-12(7-11-15)14-4-2;1-2/h12-14H,3-11H2,1-2H3;1-2H3. The Morgan fingerprint density at radius 1 is 1.06 bits per heavy atom. The first-order valence-corrected chi connectivity index (χ1v) is 7.53. The number of hydrogen-bond donors (Lipinski definition) is 2. The summed E-state index contributed by atoms with van der Waals surface area (Å²) in [6, 6.07) is 0.778. The summed E-state index contributed by atoms with van der Waals surface area (Å²) in [6.45, 7) is 15.6. The van der Waals surface area contributed by atoms with Crippen molar-refractivity contribution in [1.82, 2.24) is 15.5 Å². The van der Waals surface area contributed by atoms with Gasteiger partial charge >= 0.3 is 0 Å². The second kappa shape index (κ2) is 12.3. The maximum Gasteiger partial charge on any atom is 0.00912 e. The van der Waals surface area contributed by atoms with E-state index in [1.165, 1.54) is 45.4 Å². The first-order chi connectivity index (χ1) is 8.36. The molecule has 0 amide bonds. The summed E-state index contributed by atoms with van der Waals surface area (Å²) in [7, 11) is 0. The van der Waals surface area contributed by atoms with Crippen LogP contribution in [0.4, 0.5) is 0 Å². The van der Waals surface area contributed by atoms with Crippen LogP contribution < -0.4 is 10.6 Å². The molecule has 2 N–H and O–H groups in total. The molecule has 0 radical (unpaired) electrons. The quantitative estimate of drug-likeness (QED) is 0.671. The molecular weight excluding hydrogens is 210 g/mol. The van der Waals surface area contributed by atoms with Gasteiger partial charge in [-0.1, -0.05) is 27.7 Å². The van der Waals surface area contributed by atoms with Crippen molar-refractivity contribution in [1.29, 1.82) is 0 Å². The highest BCUT2D eigenvalue weighted by atomic mass is 15.1. The monoisotopic (exact) mass is 243 g/mol. The van der Waals surface area contributed by atoms with E-state index in [4.69, 9.17) is 0 Å². The molecule has 0 aromatic rings. The largest absolute Gasteiger partial charge is 0.317 e. The molecule has 1 heterocycles. The number of rotatable bonds is 7. The van der Waals surface area contributed by atoms with Crippen LogP contribution in [0.3, 0.4) is 0 Å². The zero-order valence-electron chi connectivity index (χ0n) is 12.4. The molecule has 3 nitrogen and oxygen atoms in total. The van der Waals surface area contributed by atoms with Crippen LogP contribution >= 0.6 is 0 Å². The van der Waals surface area contributed by atoms with E-state index in [0.717, 1.165) is 19.1 Å². The number of nitrogens with zero attached hydrogens (tertiary/aromatic N) is 1. The molecule has 1 aliphatic rings. The van der Waals surface area contributed by atoms with Crippen LogP contribution in [0, 0.1) is 0 Å². The van der Waals surface area contributed by atoms with Crippen molar-refractivity contribution < 1.29 is 0 Å². The number of likely N-dealkylation sites (tertiary alicyclic amines) is 1. The van der Waals surface area contributed by atoms with Crippen molar-refractivity contribution in [2.45, 2.75) is 53.0 Å². The van der Waals surface area contributed by atoms with Gasteiger partial charge in [-0.05, 0) is 58.5 Å². The van der Waals surface area contributed by atoms with Gasteiger partial charge in [0.15, 0.2) is 0 Å². The molecule has 1 fully saturated rings. The maximum absolute atomic E-state index is 3.54. The van der Waals surface area contributed by atoms with Crippen molar-refractivity contribution in [2.75, 3.05) is 39.3 Å². The van der Waals surface area contributed by atoms with E-state index in [0.29, 0.717) is 0 Å². The number of nitrogens with one attached hydrogen (secondary N) is 2. The zero-order chi connectivity index (χ0) is 12.9. The van der Waals surface area contributed by atoms with Crippen LogP contribution in [-0.2, 0) is 0 Å². The van der Waals surface area contributed by atoms with Gasteiger partial charge in [-0.2, -0.15) is 0 Å². The van der Waals surface area contributed by atoms with Crippen LogP contribution in [0.15, 0.2) is 0 Å². The summed E-state index contributed by atoms with van der Waals surface area (Å²) in [6.07, 6.45) is 3.95. The molecular formula is C14H33N3. The Bertz CT molecular complexity index is 140. The average Bonchev–Trinajstić information content (AvgIpc) is 2.39. The van der Waals surface area contributed by atoms with Gasteiger partial charge in [0.2, 0.25) is 0 Å². The third-order valence-electron chi connectivity index (χ3n) is 3.16. The Morgan fingerprint density at radius 2 is 1.71 bits per heavy atom. The minimum atomic E-state index is 0.778. The predicted molar refractivity (Wildman–Crippen MR) is 77.6 cm³/mol. The molecule has 0 aliphatic carbocycles. The molecule has 0 atom stereocenters. The Kier molecular flexibility index (Phi) is 12.3. The van der Waals surface area contributed by atoms with Crippen molar-refractivity contribution in [3.05, 3.63) is 0 Å². The Morgan fingerprint density at radius 3 is 2.24 bits per heavy atom. The summed E-state index contributed by atoms with van der Waals surface area (Å²) in [4.78, 5) is 2.60. The fourth-order valence-corrected chi connectivity index (χ4v) is 2.25. The second-order valence-electron chi connectivity index (χ2n) is 4.38. The van der Waals surface area contributed by atoms with E-state index < -0.39 is 0 Å². The lowest BCUT2D eigenvalue weighted by atomic mass is 10.1. The molecule has 0 aromatic carbocycles. The molecule has 1 rings (SSSR count). The minimum Gasteiger partial charge on any atom is -0.317 e. The van der Waals surface area contributed by atoms with Gasteiger partial charge in [0.05, 0.1) is 0 Å². The average molecular weight is 243 g/mol. The topological polar surface area (TPSA) is 27.3 Å². The van der Waals surface area contributed by atoms with Gasteiger partial charge in [-0.25, -0.2) is 0 Å². The van der Waals surface area contributed by atoms with Crippen LogP contribution in [0.5, 0.6) is 0 Å². The fraction of sp³-hybridized carbons (Fsp3) is 1.00. The van der Waals surface area contributed by atoms with Gasteiger partial charge in [-0.3, -0.25) is 0 Å². The highest BCUT2D eigenvalue weighted by Crippen LogP contribution is 2.09.